The summed E-state index contributed by atoms with van der Waals surface area (Å²) in [6.07, 6.45) is 10.2. The SMILES string of the molecule is NNC(CCc1cccnc1)Cc1cccnc1. The molecule has 0 aliphatic rings. The average molecular weight is 242 g/mol. The number of aryl methyl sites for hydroxylation is 1. The monoisotopic (exact) mass is 242 g/mol. The normalized spacial score (nSPS) is 12.3. The van der Waals surface area contributed by atoms with Gasteiger partial charge in [-0.25, -0.2) is 0 Å². The van der Waals surface area contributed by atoms with E-state index in [0.717, 1.165) is 19.3 Å². The van der Waals surface area contributed by atoms with Crippen LogP contribution in [0.5, 0.6) is 0 Å². The lowest BCUT2D eigenvalue weighted by molar-refractivity contribution is 0.490. The number of nitrogens with zero attached hydrogens (tertiary/aromatic N) is 2. The summed E-state index contributed by atoms with van der Waals surface area (Å²) in [5.41, 5.74) is 5.31. The van der Waals surface area contributed by atoms with Crippen molar-refractivity contribution in [3.63, 3.8) is 0 Å². The third-order valence-electron chi connectivity index (χ3n) is 2.94. The fraction of sp³-hybridized carbons (Fsp3) is 0.286. The van der Waals surface area contributed by atoms with E-state index < -0.39 is 0 Å². The van der Waals surface area contributed by atoms with Crippen molar-refractivity contribution < 1.29 is 0 Å². The van der Waals surface area contributed by atoms with Crippen molar-refractivity contribution in [2.24, 2.45) is 5.84 Å². The minimum absolute atomic E-state index is 0.259. The molecule has 4 nitrogen and oxygen atoms in total. The molecule has 0 aliphatic heterocycles. The Morgan fingerprint density at radius 1 is 1.06 bits per heavy atom. The highest BCUT2D eigenvalue weighted by Crippen LogP contribution is 2.08. The van der Waals surface area contributed by atoms with Crippen molar-refractivity contribution >= 4 is 0 Å². The van der Waals surface area contributed by atoms with Crippen molar-refractivity contribution in [1.82, 2.24) is 15.4 Å². The maximum atomic E-state index is 5.60. The summed E-state index contributed by atoms with van der Waals surface area (Å²) >= 11 is 0. The Bertz CT molecular complexity index is 444. The van der Waals surface area contributed by atoms with Gasteiger partial charge in [0.1, 0.15) is 0 Å². The van der Waals surface area contributed by atoms with E-state index in [-0.39, 0.29) is 6.04 Å². The summed E-state index contributed by atoms with van der Waals surface area (Å²) in [6, 6.07) is 8.33. The molecule has 0 aromatic carbocycles. The van der Waals surface area contributed by atoms with Crippen LogP contribution in [-0.4, -0.2) is 16.0 Å². The van der Waals surface area contributed by atoms with Crippen molar-refractivity contribution in [1.29, 1.82) is 0 Å². The van der Waals surface area contributed by atoms with E-state index in [9.17, 15) is 0 Å². The molecular formula is C14H18N4. The second kappa shape index (κ2) is 6.83. The number of nitrogens with two attached hydrogens (primary N) is 1. The number of rotatable bonds is 6. The lowest BCUT2D eigenvalue weighted by Gasteiger charge is -2.15. The number of pyridine rings is 2. The summed E-state index contributed by atoms with van der Waals surface area (Å²) in [6.45, 7) is 0. The molecule has 3 N–H and O–H groups in total. The molecule has 1 unspecified atom stereocenters. The molecule has 94 valence electrons. The molecule has 2 rings (SSSR count). The number of hydrazine groups is 1. The summed E-state index contributed by atoms with van der Waals surface area (Å²) in [5, 5.41) is 0. The van der Waals surface area contributed by atoms with Gasteiger partial charge in [0.15, 0.2) is 0 Å². The van der Waals surface area contributed by atoms with Crippen LogP contribution in [0.15, 0.2) is 49.1 Å². The van der Waals surface area contributed by atoms with Gasteiger partial charge in [-0.2, -0.15) is 0 Å². The van der Waals surface area contributed by atoms with Crippen molar-refractivity contribution in [2.75, 3.05) is 0 Å². The van der Waals surface area contributed by atoms with E-state index in [0.29, 0.717) is 0 Å². The summed E-state index contributed by atoms with van der Waals surface area (Å²) in [4.78, 5) is 8.22. The molecule has 18 heavy (non-hydrogen) atoms. The highest BCUT2D eigenvalue weighted by atomic mass is 15.2. The fourth-order valence-electron chi connectivity index (χ4n) is 1.93. The average Bonchev–Trinajstić information content (AvgIpc) is 2.45. The van der Waals surface area contributed by atoms with Gasteiger partial charge in [0.25, 0.3) is 0 Å². The topological polar surface area (TPSA) is 63.8 Å². The molecule has 0 saturated carbocycles. The molecule has 2 aromatic rings. The minimum Gasteiger partial charge on any atom is -0.271 e. The lowest BCUT2D eigenvalue weighted by atomic mass is 10.0. The largest absolute Gasteiger partial charge is 0.271 e. The second-order valence-electron chi connectivity index (χ2n) is 4.33. The Labute approximate surface area is 107 Å². The lowest BCUT2D eigenvalue weighted by Crippen LogP contribution is -2.37. The van der Waals surface area contributed by atoms with Crippen LogP contribution in [0.25, 0.3) is 0 Å². The van der Waals surface area contributed by atoms with Gasteiger partial charge in [0.2, 0.25) is 0 Å². The quantitative estimate of drug-likeness (QED) is 0.595. The van der Waals surface area contributed by atoms with E-state index in [1.165, 1.54) is 11.1 Å². The predicted molar refractivity (Wildman–Crippen MR) is 71.6 cm³/mol. The Hall–Kier alpha value is -1.78. The third kappa shape index (κ3) is 3.91. The first-order valence-corrected chi connectivity index (χ1v) is 6.12. The van der Waals surface area contributed by atoms with Crippen LogP contribution >= 0.6 is 0 Å². The molecule has 0 aliphatic carbocycles. The van der Waals surface area contributed by atoms with Gasteiger partial charge < -0.3 is 0 Å². The maximum absolute atomic E-state index is 5.60. The zero-order chi connectivity index (χ0) is 12.6. The molecule has 1 atom stereocenters. The second-order valence-corrected chi connectivity index (χ2v) is 4.33. The summed E-state index contributed by atoms with van der Waals surface area (Å²) < 4.78 is 0. The minimum atomic E-state index is 0.259. The number of aromatic nitrogens is 2. The van der Waals surface area contributed by atoms with E-state index in [2.05, 4.69) is 27.5 Å². The zero-order valence-corrected chi connectivity index (χ0v) is 10.3. The Balaban J connectivity index is 1.86. The molecular weight excluding hydrogens is 224 g/mol. The van der Waals surface area contributed by atoms with Crippen LogP contribution in [0.1, 0.15) is 17.5 Å². The number of hydrogen-bond donors (Lipinski definition) is 2. The first-order valence-electron chi connectivity index (χ1n) is 6.12. The Kier molecular flexibility index (Phi) is 4.81. The molecule has 0 saturated heterocycles. The van der Waals surface area contributed by atoms with Crippen LogP contribution in [-0.2, 0) is 12.8 Å². The summed E-state index contributed by atoms with van der Waals surface area (Å²) in [5.74, 6) is 5.60. The van der Waals surface area contributed by atoms with E-state index in [1.807, 2.05) is 24.5 Å². The van der Waals surface area contributed by atoms with Crippen LogP contribution in [0.2, 0.25) is 0 Å². The van der Waals surface area contributed by atoms with Crippen LogP contribution < -0.4 is 11.3 Å². The molecule has 0 spiro atoms. The Morgan fingerprint density at radius 2 is 1.72 bits per heavy atom. The van der Waals surface area contributed by atoms with Crippen molar-refractivity contribution in [3.05, 3.63) is 60.2 Å². The molecule has 2 heterocycles. The maximum Gasteiger partial charge on any atom is 0.0300 e. The molecule has 0 amide bonds. The highest BCUT2D eigenvalue weighted by Gasteiger charge is 2.08. The number of nitrogens with one attached hydrogen (secondary N) is 1. The molecule has 0 radical (unpaired) electrons. The fourth-order valence-corrected chi connectivity index (χ4v) is 1.93. The summed E-state index contributed by atoms with van der Waals surface area (Å²) in [7, 11) is 0. The van der Waals surface area contributed by atoms with Gasteiger partial charge in [0.05, 0.1) is 0 Å². The standard InChI is InChI=1S/C14H18N4/c15-18-14(9-13-4-2-8-17-11-13)6-5-12-3-1-7-16-10-12/h1-4,7-8,10-11,14,18H,5-6,9,15H2. The predicted octanol–water partition coefficient (Wildman–Crippen LogP) is 1.48. The molecule has 0 bridgehead atoms. The number of hydrogen-bond acceptors (Lipinski definition) is 4. The smallest absolute Gasteiger partial charge is 0.0300 e. The van der Waals surface area contributed by atoms with E-state index in [1.54, 1.807) is 12.4 Å². The zero-order valence-electron chi connectivity index (χ0n) is 10.3. The van der Waals surface area contributed by atoms with Gasteiger partial charge in [0, 0.05) is 30.8 Å². The van der Waals surface area contributed by atoms with Crippen LogP contribution in [0.3, 0.4) is 0 Å². The first-order chi connectivity index (χ1) is 8.88. The van der Waals surface area contributed by atoms with Crippen LogP contribution in [0, 0.1) is 0 Å². The molecule has 0 fully saturated rings. The van der Waals surface area contributed by atoms with E-state index >= 15 is 0 Å². The first kappa shape index (κ1) is 12.7. The van der Waals surface area contributed by atoms with Crippen LogP contribution in [0.4, 0.5) is 0 Å². The van der Waals surface area contributed by atoms with Gasteiger partial charge >= 0.3 is 0 Å². The molecule has 2 aromatic heterocycles. The third-order valence-corrected chi connectivity index (χ3v) is 2.94. The van der Waals surface area contributed by atoms with Gasteiger partial charge in [-0.05, 0) is 42.5 Å². The van der Waals surface area contributed by atoms with Gasteiger partial charge in [-0.15, -0.1) is 0 Å². The Morgan fingerprint density at radius 3 is 2.28 bits per heavy atom. The highest BCUT2D eigenvalue weighted by molar-refractivity contribution is 5.12. The van der Waals surface area contributed by atoms with Crippen molar-refractivity contribution in [3.8, 4) is 0 Å². The van der Waals surface area contributed by atoms with Crippen molar-refractivity contribution in [2.45, 2.75) is 25.3 Å². The molecule has 4 heteroatoms. The van der Waals surface area contributed by atoms with E-state index in [4.69, 9.17) is 5.84 Å². The van der Waals surface area contributed by atoms with Gasteiger partial charge in [-0.3, -0.25) is 21.2 Å². The van der Waals surface area contributed by atoms with Gasteiger partial charge in [-0.1, -0.05) is 12.1 Å².